The summed E-state index contributed by atoms with van der Waals surface area (Å²) in [6, 6.07) is 15.9. The quantitative estimate of drug-likeness (QED) is 0.610. The number of thiol groups is 1. The predicted octanol–water partition coefficient (Wildman–Crippen LogP) is 2.89. The van der Waals surface area contributed by atoms with Crippen molar-refractivity contribution in [2.45, 2.75) is 31.6 Å². The molecule has 1 aliphatic rings. The molecule has 6 nitrogen and oxygen atoms in total. The second-order valence-electron chi connectivity index (χ2n) is 7.22. The van der Waals surface area contributed by atoms with E-state index in [1.165, 1.54) is 16.4 Å². The van der Waals surface area contributed by atoms with Crippen LogP contribution in [0.1, 0.15) is 40.4 Å². The molecule has 3 rings (SSSR count). The Morgan fingerprint density at radius 3 is 2.41 bits per heavy atom. The second kappa shape index (κ2) is 9.96. The first-order chi connectivity index (χ1) is 13.9. The Hall–Kier alpha value is -2.29. The van der Waals surface area contributed by atoms with E-state index in [0.29, 0.717) is 32.5 Å². The van der Waals surface area contributed by atoms with Crippen LogP contribution in [0.2, 0.25) is 0 Å². The van der Waals surface area contributed by atoms with Crippen LogP contribution >= 0.6 is 0 Å². The molecule has 156 valence electrons. The fourth-order valence-corrected chi connectivity index (χ4v) is 4.27. The Morgan fingerprint density at radius 1 is 1.17 bits per heavy atom. The summed E-state index contributed by atoms with van der Waals surface area (Å²) >= 11 is 0. The number of carboxylic acids is 1. The maximum Gasteiger partial charge on any atom is 0.335 e. The number of likely N-dealkylation sites (tertiary alicyclic amines) is 1. The number of aromatic carboxylic acids is 1. The first kappa shape index (κ1) is 21.4. The number of carboxylic acid groups (broad SMARTS) is 1. The van der Waals surface area contributed by atoms with Gasteiger partial charge in [0, 0.05) is 32.2 Å². The second-order valence-corrected chi connectivity index (χ2v) is 8.27. The standard InChI is InChI=1S/C21H25FN2O4S/c22-19-10-12-23(15-19)20(17-4-2-1-3-5-17)11-13-24(29(27)28)14-16-6-8-18(9-7-16)21(25)26/h1-9,19-20,29H,10-15H2,(H,25,26)/t19-,20-/m1/s1. The summed E-state index contributed by atoms with van der Waals surface area (Å²) in [5.74, 6) is -1.02. The number of halogens is 1. The third kappa shape index (κ3) is 5.85. The van der Waals surface area contributed by atoms with Gasteiger partial charge in [-0.25, -0.2) is 17.6 Å². The van der Waals surface area contributed by atoms with Gasteiger partial charge in [-0.1, -0.05) is 42.5 Å². The van der Waals surface area contributed by atoms with Crippen molar-refractivity contribution in [3.8, 4) is 0 Å². The lowest BCUT2D eigenvalue weighted by atomic mass is 10.0. The Labute approximate surface area is 171 Å². The zero-order chi connectivity index (χ0) is 20.8. The Balaban J connectivity index is 1.70. The van der Waals surface area contributed by atoms with Gasteiger partial charge in [0.15, 0.2) is 0 Å². The summed E-state index contributed by atoms with van der Waals surface area (Å²) in [7, 11) is -2.80. The lowest BCUT2D eigenvalue weighted by molar-refractivity contribution is 0.0697. The number of hydrogen-bond donors (Lipinski definition) is 2. The fourth-order valence-electron chi connectivity index (χ4n) is 3.71. The highest BCUT2D eigenvalue weighted by Crippen LogP contribution is 2.29. The zero-order valence-corrected chi connectivity index (χ0v) is 16.9. The van der Waals surface area contributed by atoms with E-state index in [2.05, 4.69) is 4.90 Å². The first-order valence-electron chi connectivity index (χ1n) is 9.58. The van der Waals surface area contributed by atoms with Crippen molar-refractivity contribution >= 4 is 16.9 Å². The SMILES string of the molecule is O=C(O)c1ccc(CN(CC[C@H](c2ccccc2)N2CC[C@@H](F)C2)[SH](=O)=O)cc1. The Morgan fingerprint density at radius 2 is 1.86 bits per heavy atom. The van der Waals surface area contributed by atoms with Crippen LogP contribution < -0.4 is 0 Å². The number of hydrogen-bond acceptors (Lipinski definition) is 4. The molecule has 0 saturated carbocycles. The molecule has 1 saturated heterocycles. The Bertz CT molecular complexity index is 881. The molecular formula is C21H25FN2O4S. The van der Waals surface area contributed by atoms with Gasteiger partial charge in [0.05, 0.1) is 5.56 Å². The molecule has 1 aliphatic heterocycles. The van der Waals surface area contributed by atoms with Crippen molar-refractivity contribution in [2.75, 3.05) is 19.6 Å². The molecule has 8 heteroatoms. The molecule has 1 heterocycles. The van der Waals surface area contributed by atoms with E-state index >= 15 is 0 Å². The van der Waals surface area contributed by atoms with Crippen molar-refractivity contribution in [2.24, 2.45) is 0 Å². The van der Waals surface area contributed by atoms with Gasteiger partial charge in [0.2, 0.25) is 10.9 Å². The summed E-state index contributed by atoms with van der Waals surface area (Å²) < 4.78 is 38.7. The molecule has 0 amide bonds. The van der Waals surface area contributed by atoms with Crippen molar-refractivity contribution in [3.05, 3.63) is 71.3 Å². The van der Waals surface area contributed by atoms with Crippen LogP contribution in [0.4, 0.5) is 4.39 Å². The summed E-state index contributed by atoms with van der Waals surface area (Å²) in [5.41, 5.74) is 1.93. The summed E-state index contributed by atoms with van der Waals surface area (Å²) in [6.45, 7) is 1.48. The zero-order valence-electron chi connectivity index (χ0n) is 16.0. The van der Waals surface area contributed by atoms with Gasteiger partial charge < -0.3 is 5.11 Å². The first-order valence-corrected chi connectivity index (χ1v) is 10.7. The predicted molar refractivity (Wildman–Crippen MR) is 109 cm³/mol. The van der Waals surface area contributed by atoms with E-state index in [4.69, 9.17) is 5.11 Å². The summed E-state index contributed by atoms with van der Waals surface area (Å²) in [4.78, 5) is 13.0. The number of nitrogens with zero attached hydrogens (tertiary/aromatic N) is 2. The van der Waals surface area contributed by atoms with E-state index in [1.807, 2.05) is 30.3 Å². The number of benzene rings is 2. The molecule has 29 heavy (non-hydrogen) atoms. The van der Waals surface area contributed by atoms with Crippen LogP contribution in [0.15, 0.2) is 54.6 Å². The molecule has 2 atom stereocenters. The minimum Gasteiger partial charge on any atom is -0.478 e. The van der Waals surface area contributed by atoms with Gasteiger partial charge in [-0.2, -0.15) is 4.31 Å². The van der Waals surface area contributed by atoms with Crippen molar-refractivity contribution in [1.29, 1.82) is 0 Å². The van der Waals surface area contributed by atoms with Crippen LogP contribution in [0.5, 0.6) is 0 Å². The largest absolute Gasteiger partial charge is 0.478 e. The Kier molecular flexibility index (Phi) is 7.35. The lowest BCUT2D eigenvalue weighted by Crippen LogP contribution is -2.31. The minimum absolute atomic E-state index is 0.0520. The minimum atomic E-state index is -2.80. The summed E-state index contributed by atoms with van der Waals surface area (Å²) in [5, 5.41) is 8.98. The van der Waals surface area contributed by atoms with Crippen molar-refractivity contribution in [1.82, 2.24) is 9.21 Å². The molecule has 1 N–H and O–H groups in total. The third-order valence-corrected chi connectivity index (χ3v) is 6.05. The molecule has 0 aromatic heterocycles. The highest BCUT2D eigenvalue weighted by Gasteiger charge is 2.29. The van der Waals surface area contributed by atoms with Gasteiger partial charge in [-0.05, 0) is 36.1 Å². The maximum atomic E-state index is 13.8. The molecule has 2 aromatic rings. The van der Waals surface area contributed by atoms with Gasteiger partial charge in [-0.3, -0.25) is 4.90 Å². The molecule has 1 fully saturated rings. The average molecular weight is 421 g/mol. The van der Waals surface area contributed by atoms with Crippen LogP contribution in [0, 0.1) is 0 Å². The van der Waals surface area contributed by atoms with Crippen LogP contribution in [0.3, 0.4) is 0 Å². The molecule has 0 radical (unpaired) electrons. The molecule has 0 aliphatic carbocycles. The van der Waals surface area contributed by atoms with E-state index in [-0.39, 0.29) is 18.2 Å². The molecule has 2 aromatic carbocycles. The third-order valence-electron chi connectivity index (χ3n) is 5.24. The van der Waals surface area contributed by atoms with Crippen LogP contribution in [-0.2, 0) is 17.4 Å². The van der Waals surface area contributed by atoms with Crippen molar-refractivity contribution in [3.63, 3.8) is 0 Å². The molecule has 0 spiro atoms. The summed E-state index contributed by atoms with van der Waals surface area (Å²) in [6.07, 6.45) is 0.202. The fraction of sp³-hybridized carbons (Fsp3) is 0.381. The van der Waals surface area contributed by atoms with Crippen LogP contribution in [0.25, 0.3) is 0 Å². The number of alkyl halides is 1. The normalized spacial score (nSPS) is 18.4. The lowest BCUT2D eigenvalue weighted by Gasteiger charge is -2.29. The number of carbonyl (C=O) groups is 1. The van der Waals surface area contributed by atoms with Gasteiger partial charge in [0.1, 0.15) is 6.17 Å². The highest BCUT2D eigenvalue weighted by molar-refractivity contribution is 7.69. The smallest absolute Gasteiger partial charge is 0.335 e. The molecular weight excluding hydrogens is 395 g/mol. The van der Waals surface area contributed by atoms with E-state index in [1.54, 1.807) is 12.1 Å². The van der Waals surface area contributed by atoms with Gasteiger partial charge in [-0.15, -0.1) is 0 Å². The van der Waals surface area contributed by atoms with E-state index in [9.17, 15) is 17.6 Å². The van der Waals surface area contributed by atoms with Crippen molar-refractivity contribution < 1.29 is 22.7 Å². The van der Waals surface area contributed by atoms with Gasteiger partial charge in [0.25, 0.3) is 0 Å². The van der Waals surface area contributed by atoms with E-state index in [0.717, 1.165) is 11.1 Å². The van der Waals surface area contributed by atoms with E-state index < -0.39 is 23.0 Å². The topological polar surface area (TPSA) is 77.9 Å². The van der Waals surface area contributed by atoms with Crippen LogP contribution in [-0.4, -0.2) is 54.5 Å². The molecule has 0 bridgehead atoms. The monoisotopic (exact) mass is 420 g/mol. The molecule has 0 unspecified atom stereocenters. The maximum absolute atomic E-state index is 13.8. The van der Waals surface area contributed by atoms with Gasteiger partial charge >= 0.3 is 5.97 Å². The number of rotatable bonds is 9. The highest BCUT2D eigenvalue weighted by atomic mass is 32.2. The average Bonchev–Trinajstić information content (AvgIpc) is 3.14.